The van der Waals surface area contributed by atoms with Gasteiger partial charge in [-0.05, 0) is 45.6 Å². The molecule has 3 atom stereocenters. The van der Waals surface area contributed by atoms with Gasteiger partial charge in [-0.25, -0.2) is 0 Å². The van der Waals surface area contributed by atoms with E-state index in [1.165, 1.54) is 0 Å². The fourth-order valence-corrected chi connectivity index (χ4v) is 4.13. The van der Waals surface area contributed by atoms with Crippen LogP contribution in [0.15, 0.2) is 16.7 Å². The first kappa shape index (κ1) is 14.6. The maximum atomic E-state index is 12.7. The zero-order chi connectivity index (χ0) is 15.0. The summed E-state index contributed by atoms with van der Waals surface area (Å²) in [6.07, 6.45) is 7.69. The highest BCUT2D eigenvalue weighted by Gasteiger charge is 2.44. The highest BCUT2D eigenvalue weighted by atomic mass is 16.3. The Balaban J connectivity index is 1.80. The number of rotatable bonds is 2. The van der Waals surface area contributed by atoms with E-state index in [4.69, 9.17) is 4.42 Å². The lowest BCUT2D eigenvalue weighted by Gasteiger charge is -2.43. The van der Waals surface area contributed by atoms with Crippen molar-refractivity contribution >= 4 is 5.91 Å². The number of carbonyl (C=O) groups is 1. The van der Waals surface area contributed by atoms with E-state index in [9.17, 15) is 9.90 Å². The smallest absolute Gasteiger partial charge is 0.257 e. The van der Waals surface area contributed by atoms with E-state index in [-0.39, 0.29) is 17.9 Å². The Morgan fingerprint density at radius 1 is 1.38 bits per heavy atom. The fourth-order valence-electron chi connectivity index (χ4n) is 4.13. The second kappa shape index (κ2) is 5.48. The summed E-state index contributed by atoms with van der Waals surface area (Å²) in [5, 5.41) is 10.7. The molecule has 1 aromatic heterocycles. The Hall–Kier alpha value is -1.29. The lowest BCUT2D eigenvalue weighted by molar-refractivity contribution is -0.0577. The Morgan fingerprint density at radius 3 is 2.86 bits per heavy atom. The number of hydrogen-bond donors (Lipinski definition) is 1. The van der Waals surface area contributed by atoms with Crippen LogP contribution in [0.4, 0.5) is 0 Å². The van der Waals surface area contributed by atoms with Crippen LogP contribution in [-0.4, -0.2) is 34.1 Å². The molecule has 0 bridgehead atoms. The van der Waals surface area contributed by atoms with E-state index in [0.717, 1.165) is 50.8 Å². The second-order valence-electron chi connectivity index (χ2n) is 6.86. The molecule has 3 unspecified atom stereocenters. The molecule has 4 nitrogen and oxygen atoms in total. The van der Waals surface area contributed by atoms with Crippen molar-refractivity contribution in [3.8, 4) is 0 Å². The number of likely N-dealkylation sites (tertiary alicyclic amines) is 1. The average Bonchev–Trinajstić information content (AvgIpc) is 3.06. The highest BCUT2D eigenvalue weighted by Crippen LogP contribution is 2.41. The normalized spacial score (nSPS) is 33.4. The molecule has 1 aliphatic heterocycles. The fraction of sp³-hybridized carbons (Fsp3) is 0.706. The SMILES string of the molecule is Cc1cc(C(=O)N2CCCC2C2CCCCC2(C)O)co1. The molecule has 1 saturated carbocycles. The molecule has 2 aliphatic rings. The number of furan rings is 1. The maximum Gasteiger partial charge on any atom is 0.257 e. The first-order chi connectivity index (χ1) is 9.99. The van der Waals surface area contributed by atoms with Crippen molar-refractivity contribution in [3.05, 3.63) is 23.7 Å². The number of aryl methyl sites for hydroxylation is 1. The van der Waals surface area contributed by atoms with Gasteiger partial charge in [-0.2, -0.15) is 0 Å². The van der Waals surface area contributed by atoms with Crippen molar-refractivity contribution in [1.82, 2.24) is 4.90 Å². The third-order valence-electron chi connectivity index (χ3n) is 5.25. The summed E-state index contributed by atoms with van der Waals surface area (Å²) >= 11 is 0. The quantitative estimate of drug-likeness (QED) is 0.910. The van der Waals surface area contributed by atoms with Gasteiger partial charge < -0.3 is 14.4 Å². The molecule has 0 spiro atoms. The number of aliphatic hydroxyl groups is 1. The summed E-state index contributed by atoms with van der Waals surface area (Å²) in [5.74, 6) is 1.01. The second-order valence-corrected chi connectivity index (χ2v) is 6.86. The van der Waals surface area contributed by atoms with Crippen LogP contribution in [0.1, 0.15) is 61.6 Å². The van der Waals surface area contributed by atoms with Crippen LogP contribution < -0.4 is 0 Å². The lowest BCUT2D eigenvalue weighted by atomic mass is 9.72. The lowest BCUT2D eigenvalue weighted by Crippen LogP contribution is -2.50. The molecule has 0 aromatic carbocycles. The van der Waals surface area contributed by atoms with E-state index in [0.29, 0.717) is 5.56 Å². The molecular formula is C17H25NO3. The van der Waals surface area contributed by atoms with Crippen LogP contribution in [-0.2, 0) is 0 Å². The van der Waals surface area contributed by atoms with Crippen molar-refractivity contribution in [1.29, 1.82) is 0 Å². The summed E-state index contributed by atoms with van der Waals surface area (Å²) in [4.78, 5) is 14.7. The van der Waals surface area contributed by atoms with E-state index in [1.807, 2.05) is 18.7 Å². The van der Waals surface area contributed by atoms with Crippen molar-refractivity contribution in [2.24, 2.45) is 5.92 Å². The Morgan fingerprint density at radius 2 is 2.19 bits per heavy atom. The first-order valence-corrected chi connectivity index (χ1v) is 8.07. The third kappa shape index (κ3) is 2.73. The molecule has 2 fully saturated rings. The molecule has 3 rings (SSSR count). The Labute approximate surface area is 126 Å². The predicted octanol–water partition coefficient (Wildman–Crippen LogP) is 3.13. The van der Waals surface area contributed by atoms with Crippen LogP contribution in [0.25, 0.3) is 0 Å². The highest BCUT2D eigenvalue weighted by molar-refractivity contribution is 5.94. The van der Waals surface area contributed by atoms with Gasteiger partial charge in [-0.15, -0.1) is 0 Å². The zero-order valence-corrected chi connectivity index (χ0v) is 13.0. The molecule has 0 radical (unpaired) electrons. The number of nitrogens with zero attached hydrogens (tertiary/aromatic N) is 1. The van der Waals surface area contributed by atoms with Crippen LogP contribution in [0.2, 0.25) is 0 Å². The molecule has 1 aliphatic carbocycles. The minimum Gasteiger partial charge on any atom is -0.469 e. The van der Waals surface area contributed by atoms with Crippen LogP contribution >= 0.6 is 0 Å². The van der Waals surface area contributed by atoms with Gasteiger partial charge in [-0.1, -0.05) is 12.8 Å². The predicted molar refractivity (Wildman–Crippen MR) is 80.1 cm³/mol. The summed E-state index contributed by atoms with van der Waals surface area (Å²) in [7, 11) is 0. The monoisotopic (exact) mass is 291 g/mol. The molecule has 1 saturated heterocycles. The first-order valence-electron chi connectivity index (χ1n) is 8.07. The zero-order valence-electron chi connectivity index (χ0n) is 13.0. The van der Waals surface area contributed by atoms with E-state index >= 15 is 0 Å². The van der Waals surface area contributed by atoms with Crippen LogP contribution in [0.3, 0.4) is 0 Å². The van der Waals surface area contributed by atoms with Gasteiger partial charge in [0.1, 0.15) is 12.0 Å². The third-order valence-corrected chi connectivity index (χ3v) is 5.25. The molecule has 1 amide bonds. The largest absolute Gasteiger partial charge is 0.469 e. The van der Waals surface area contributed by atoms with Crippen molar-refractivity contribution < 1.29 is 14.3 Å². The van der Waals surface area contributed by atoms with E-state index in [1.54, 1.807) is 12.3 Å². The van der Waals surface area contributed by atoms with Gasteiger partial charge in [0, 0.05) is 18.5 Å². The molecule has 2 heterocycles. The molecule has 116 valence electrons. The number of hydrogen-bond acceptors (Lipinski definition) is 3. The Kier molecular flexibility index (Phi) is 3.82. The number of carbonyl (C=O) groups excluding carboxylic acids is 1. The minimum absolute atomic E-state index is 0.0516. The molecule has 1 N–H and O–H groups in total. The van der Waals surface area contributed by atoms with Gasteiger partial charge in [-0.3, -0.25) is 4.79 Å². The molecule has 1 aromatic rings. The topological polar surface area (TPSA) is 53.7 Å². The van der Waals surface area contributed by atoms with Crippen LogP contribution in [0.5, 0.6) is 0 Å². The summed E-state index contributed by atoms with van der Waals surface area (Å²) in [5.41, 5.74) is -0.00665. The number of amides is 1. The Bertz CT molecular complexity index is 520. The maximum absolute atomic E-state index is 12.7. The van der Waals surface area contributed by atoms with Gasteiger partial charge in [0.15, 0.2) is 0 Å². The van der Waals surface area contributed by atoms with Gasteiger partial charge in [0.2, 0.25) is 0 Å². The molecule has 4 heteroatoms. The van der Waals surface area contributed by atoms with Gasteiger partial charge in [0.05, 0.1) is 11.2 Å². The van der Waals surface area contributed by atoms with E-state index in [2.05, 4.69) is 0 Å². The summed E-state index contributed by atoms with van der Waals surface area (Å²) < 4.78 is 5.27. The van der Waals surface area contributed by atoms with E-state index < -0.39 is 5.60 Å². The van der Waals surface area contributed by atoms with Gasteiger partial charge >= 0.3 is 0 Å². The standard InChI is InChI=1S/C17H25NO3/c1-12-10-13(11-21-12)16(19)18-9-5-7-15(18)14-6-3-4-8-17(14,2)20/h10-11,14-15,20H,3-9H2,1-2H3. The average molecular weight is 291 g/mol. The summed E-state index contributed by atoms with van der Waals surface area (Å²) in [6, 6.07) is 1.97. The van der Waals surface area contributed by atoms with Gasteiger partial charge in [0.25, 0.3) is 5.91 Å². The minimum atomic E-state index is -0.641. The van der Waals surface area contributed by atoms with Crippen molar-refractivity contribution in [2.45, 2.75) is 64.0 Å². The van der Waals surface area contributed by atoms with Crippen molar-refractivity contribution in [2.75, 3.05) is 6.54 Å². The summed E-state index contributed by atoms with van der Waals surface area (Å²) in [6.45, 7) is 4.59. The van der Waals surface area contributed by atoms with Crippen molar-refractivity contribution in [3.63, 3.8) is 0 Å². The van der Waals surface area contributed by atoms with Crippen LogP contribution in [0, 0.1) is 12.8 Å². The molecule has 21 heavy (non-hydrogen) atoms. The molecular weight excluding hydrogens is 266 g/mol.